The number of β-lactam (4-membered cyclic amide) rings is 1. The number of anilines is 1. The molecule has 0 spiro atoms. The lowest BCUT2D eigenvalue weighted by Gasteiger charge is -2.33. The molecule has 1 saturated heterocycles. The van der Waals surface area contributed by atoms with Crippen molar-refractivity contribution in [2.24, 2.45) is 5.73 Å². The highest BCUT2D eigenvalue weighted by Gasteiger charge is 2.31. The maximum absolute atomic E-state index is 11.6. The average molecular weight is 447 g/mol. The van der Waals surface area contributed by atoms with E-state index in [0.29, 0.717) is 53.0 Å². The zero-order valence-electron chi connectivity index (χ0n) is 19.0. The molecule has 1 aliphatic heterocycles. The lowest BCUT2D eigenvalue weighted by atomic mass is 10.1. The van der Waals surface area contributed by atoms with E-state index in [0.717, 1.165) is 6.54 Å². The maximum Gasteiger partial charge on any atom is 0.298 e. The fraction of sp³-hybridized carbons (Fsp3) is 0.304. The predicted octanol–water partition coefficient (Wildman–Crippen LogP) is 2.81. The summed E-state index contributed by atoms with van der Waals surface area (Å²) in [6.07, 6.45) is 0. The minimum Gasteiger partial charge on any atom is -0.493 e. The van der Waals surface area contributed by atoms with Crippen molar-refractivity contribution in [3.63, 3.8) is 0 Å². The normalized spacial score (nSPS) is 11.6. The third-order valence-corrected chi connectivity index (χ3v) is 4.10. The van der Waals surface area contributed by atoms with Gasteiger partial charge in [0.15, 0.2) is 23.0 Å². The number of amides is 1. The third kappa shape index (κ3) is 6.64. The highest BCUT2D eigenvalue weighted by Crippen LogP contribution is 2.42. The van der Waals surface area contributed by atoms with Crippen LogP contribution < -0.4 is 34.3 Å². The second-order valence-corrected chi connectivity index (χ2v) is 6.15. The van der Waals surface area contributed by atoms with Crippen LogP contribution in [0.2, 0.25) is 0 Å². The Hall–Kier alpha value is -3.72. The van der Waals surface area contributed by atoms with Crippen LogP contribution in [0.3, 0.4) is 0 Å². The summed E-state index contributed by atoms with van der Waals surface area (Å²) in [5.74, 6) is 2.47. The van der Waals surface area contributed by atoms with Crippen LogP contribution in [0.4, 0.5) is 5.69 Å². The first kappa shape index (κ1) is 26.3. The zero-order chi connectivity index (χ0) is 24.1. The van der Waals surface area contributed by atoms with Gasteiger partial charge in [0.05, 0.1) is 40.7 Å². The van der Waals surface area contributed by atoms with E-state index in [-0.39, 0.29) is 5.91 Å². The Balaban J connectivity index is 0.000000312. The van der Waals surface area contributed by atoms with Crippen molar-refractivity contribution in [3.05, 3.63) is 48.6 Å². The smallest absolute Gasteiger partial charge is 0.298 e. The fourth-order valence-electron chi connectivity index (χ4n) is 2.63. The number of ether oxygens (including phenoxy) is 5. The molecule has 32 heavy (non-hydrogen) atoms. The molecule has 0 aliphatic carbocycles. The standard InChI is InChI=1S/C13H15NO4.C8H8O3.C2H7N/c1-8-7-14(13(8)15)9-5-10(16-2)12(18-4)11(6-9)17-3;1-10-7-4-2-3-5-8(7)11-6-9;1-2-3/h5-6H,1,7H2,2-4H3;2-6H,1H3;2-3H2,1H3. The van der Waals surface area contributed by atoms with Crippen LogP contribution in [-0.4, -0.2) is 53.9 Å². The van der Waals surface area contributed by atoms with E-state index in [1.165, 1.54) is 28.4 Å². The van der Waals surface area contributed by atoms with E-state index in [1.807, 2.05) is 6.92 Å². The monoisotopic (exact) mass is 446 g/mol. The van der Waals surface area contributed by atoms with Crippen LogP contribution in [0.15, 0.2) is 48.6 Å². The van der Waals surface area contributed by atoms with Gasteiger partial charge in [-0.15, -0.1) is 0 Å². The molecule has 2 aromatic carbocycles. The summed E-state index contributed by atoms with van der Waals surface area (Å²) >= 11 is 0. The van der Waals surface area contributed by atoms with Crippen molar-refractivity contribution in [1.29, 1.82) is 0 Å². The number of methoxy groups -OCH3 is 4. The molecule has 1 heterocycles. The van der Waals surface area contributed by atoms with Crippen LogP contribution in [0.1, 0.15) is 6.92 Å². The fourth-order valence-corrected chi connectivity index (χ4v) is 2.63. The second-order valence-electron chi connectivity index (χ2n) is 6.15. The first-order valence-electron chi connectivity index (χ1n) is 9.65. The Kier molecular flexibility index (Phi) is 11.1. The molecule has 0 bridgehead atoms. The minimum absolute atomic E-state index is 0.0794. The van der Waals surface area contributed by atoms with E-state index >= 15 is 0 Å². The van der Waals surface area contributed by atoms with Gasteiger partial charge in [-0.1, -0.05) is 25.6 Å². The largest absolute Gasteiger partial charge is 0.493 e. The van der Waals surface area contributed by atoms with Gasteiger partial charge in [-0.05, 0) is 18.7 Å². The summed E-state index contributed by atoms with van der Waals surface area (Å²) in [5, 5.41) is 0. The van der Waals surface area contributed by atoms with Gasteiger partial charge in [0.25, 0.3) is 12.4 Å². The predicted molar refractivity (Wildman–Crippen MR) is 122 cm³/mol. The molecule has 9 nitrogen and oxygen atoms in total. The molecule has 0 atom stereocenters. The Labute approximate surface area is 188 Å². The number of benzene rings is 2. The minimum atomic E-state index is -0.0794. The quantitative estimate of drug-likeness (QED) is 0.393. The number of rotatable bonds is 7. The van der Waals surface area contributed by atoms with Gasteiger partial charge in [-0.25, -0.2) is 0 Å². The molecule has 0 saturated carbocycles. The maximum atomic E-state index is 11.6. The summed E-state index contributed by atoms with van der Waals surface area (Å²) in [6, 6.07) is 10.4. The molecular weight excluding hydrogens is 416 g/mol. The molecule has 1 aliphatic rings. The first-order valence-corrected chi connectivity index (χ1v) is 9.65. The molecular formula is C23H30N2O7. The van der Waals surface area contributed by atoms with Crippen molar-refractivity contribution >= 4 is 18.1 Å². The van der Waals surface area contributed by atoms with E-state index in [2.05, 4.69) is 11.3 Å². The SMILES string of the molecule is C=C1CN(c2cc(OC)c(OC)c(OC)c2)C1=O.CCN.COc1ccccc1OC=O. The second kappa shape index (κ2) is 13.6. The van der Waals surface area contributed by atoms with Crippen molar-refractivity contribution in [2.75, 3.05) is 46.4 Å². The summed E-state index contributed by atoms with van der Waals surface area (Å²) in [4.78, 5) is 23.2. The van der Waals surface area contributed by atoms with E-state index < -0.39 is 0 Å². The summed E-state index contributed by atoms with van der Waals surface area (Å²) in [7, 11) is 6.14. The van der Waals surface area contributed by atoms with Crippen LogP contribution in [0.25, 0.3) is 0 Å². The molecule has 2 N–H and O–H groups in total. The third-order valence-electron chi connectivity index (χ3n) is 4.10. The Bertz CT molecular complexity index is 890. The molecule has 0 unspecified atom stereocenters. The number of para-hydroxylation sites is 2. The lowest BCUT2D eigenvalue weighted by molar-refractivity contribution is -0.121. The first-order chi connectivity index (χ1) is 15.4. The van der Waals surface area contributed by atoms with Crippen molar-refractivity contribution in [1.82, 2.24) is 0 Å². The topological polar surface area (TPSA) is 110 Å². The Morgan fingerprint density at radius 1 is 0.969 bits per heavy atom. The van der Waals surface area contributed by atoms with Crippen molar-refractivity contribution in [3.8, 4) is 28.7 Å². The van der Waals surface area contributed by atoms with E-state index in [1.54, 1.807) is 41.3 Å². The number of nitrogens with two attached hydrogens (primary N) is 1. The van der Waals surface area contributed by atoms with Gasteiger partial charge in [0.2, 0.25) is 5.75 Å². The summed E-state index contributed by atoms with van der Waals surface area (Å²) in [6.45, 7) is 7.21. The van der Waals surface area contributed by atoms with Gasteiger partial charge >= 0.3 is 0 Å². The summed E-state index contributed by atoms with van der Waals surface area (Å²) in [5.41, 5.74) is 6.16. The zero-order valence-corrected chi connectivity index (χ0v) is 19.0. The van der Waals surface area contributed by atoms with Gasteiger partial charge in [0.1, 0.15) is 0 Å². The molecule has 1 amide bonds. The number of nitrogens with zero attached hydrogens (tertiary/aromatic N) is 1. The highest BCUT2D eigenvalue weighted by molar-refractivity contribution is 6.13. The van der Waals surface area contributed by atoms with Gasteiger partial charge < -0.3 is 34.3 Å². The lowest BCUT2D eigenvalue weighted by Crippen LogP contribution is -2.45. The van der Waals surface area contributed by atoms with E-state index in [4.69, 9.17) is 24.7 Å². The Morgan fingerprint density at radius 2 is 1.47 bits per heavy atom. The average Bonchev–Trinajstić information content (AvgIpc) is 2.82. The van der Waals surface area contributed by atoms with Crippen LogP contribution in [-0.2, 0) is 9.59 Å². The molecule has 2 aromatic rings. The number of hydrogen-bond donors (Lipinski definition) is 1. The van der Waals surface area contributed by atoms with E-state index in [9.17, 15) is 9.59 Å². The molecule has 9 heteroatoms. The number of carbonyl (C=O) groups is 2. The molecule has 3 rings (SSSR count). The molecule has 174 valence electrons. The number of carbonyl (C=O) groups excluding carboxylic acids is 2. The summed E-state index contributed by atoms with van der Waals surface area (Å²) < 4.78 is 25.2. The number of hydrogen-bond acceptors (Lipinski definition) is 8. The van der Waals surface area contributed by atoms with Crippen LogP contribution in [0, 0.1) is 0 Å². The van der Waals surface area contributed by atoms with Gasteiger partial charge in [-0.3, -0.25) is 9.59 Å². The Morgan fingerprint density at radius 3 is 1.84 bits per heavy atom. The molecule has 1 fully saturated rings. The van der Waals surface area contributed by atoms with Crippen molar-refractivity contribution in [2.45, 2.75) is 6.92 Å². The molecule has 0 radical (unpaired) electrons. The van der Waals surface area contributed by atoms with Crippen LogP contribution >= 0.6 is 0 Å². The van der Waals surface area contributed by atoms with Crippen LogP contribution in [0.5, 0.6) is 28.7 Å². The van der Waals surface area contributed by atoms with Gasteiger partial charge in [0, 0.05) is 17.7 Å². The van der Waals surface area contributed by atoms with Gasteiger partial charge in [-0.2, -0.15) is 0 Å². The highest BCUT2D eigenvalue weighted by atomic mass is 16.5. The molecule has 0 aromatic heterocycles. The van der Waals surface area contributed by atoms with Crippen molar-refractivity contribution < 1.29 is 33.3 Å².